The van der Waals surface area contributed by atoms with Crippen LogP contribution in [-0.4, -0.2) is 11.9 Å². The van der Waals surface area contributed by atoms with Crippen LogP contribution in [0.2, 0.25) is 0 Å². The molecule has 0 aliphatic heterocycles. The molecule has 0 radical (unpaired) electrons. The molecule has 5 heteroatoms. The van der Waals surface area contributed by atoms with Crippen molar-refractivity contribution >= 4 is 5.84 Å². The highest BCUT2D eigenvalue weighted by Gasteiger charge is 2.23. The van der Waals surface area contributed by atoms with Crippen LogP contribution in [0.5, 0.6) is 0 Å². The monoisotopic (exact) mass is 221 g/mol. The first-order valence-corrected chi connectivity index (χ1v) is 5.18. The summed E-state index contributed by atoms with van der Waals surface area (Å²) in [6, 6.07) is 0.452. The van der Waals surface area contributed by atoms with E-state index in [1.54, 1.807) is 6.92 Å². The second kappa shape index (κ2) is 5.25. The van der Waals surface area contributed by atoms with Crippen molar-refractivity contribution in [3.63, 3.8) is 0 Å². The van der Waals surface area contributed by atoms with Crippen LogP contribution in [0.1, 0.15) is 19.8 Å². The molecule has 1 fully saturated rings. The number of rotatable bonds is 5. The second-order valence-electron chi connectivity index (χ2n) is 3.79. The van der Waals surface area contributed by atoms with Crippen LogP contribution in [0.3, 0.4) is 0 Å². The minimum Gasteiger partial charge on any atom is -0.393 e. The summed E-state index contributed by atoms with van der Waals surface area (Å²) >= 11 is 0. The van der Waals surface area contributed by atoms with E-state index < -0.39 is 0 Å². The molecule has 88 valence electrons. The minimum absolute atomic E-state index is 0.336. The average Bonchev–Trinajstić information content (AvgIpc) is 2.99. The van der Waals surface area contributed by atoms with Crippen molar-refractivity contribution in [2.75, 3.05) is 0 Å². The molecule has 1 aliphatic rings. The highest BCUT2D eigenvalue weighted by Crippen LogP contribution is 2.19. The zero-order chi connectivity index (χ0) is 12.1. The zero-order valence-electron chi connectivity index (χ0n) is 9.59. The Morgan fingerprint density at radius 2 is 2.06 bits per heavy atom. The highest BCUT2D eigenvalue weighted by molar-refractivity contribution is 5.98. The van der Waals surface area contributed by atoms with Gasteiger partial charge in [0.05, 0.1) is 0 Å². The molecule has 1 saturated carbocycles. The Labute approximate surface area is 96.0 Å². The predicted octanol–water partition coefficient (Wildman–Crippen LogP) is 0.490. The average molecular weight is 221 g/mol. The minimum atomic E-state index is 0.336. The van der Waals surface area contributed by atoms with Crippen molar-refractivity contribution in [1.82, 2.24) is 10.6 Å². The zero-order valence-corrected chi connectivity index (χ0v) is 9.59. The van der Waals surface area contributed by atoms with Crippen molar-refractivity contribution in [2.45, 2.75) is 25.8 Å². The fourth-order valence-corrected chi connectivity index (χ4v) is 1.10. The van der Waals surface area contributed by atoms with Gasteiger partial charge in [0.25, 0.3) is 0 Å². The number of allylic oxidation sites excluding steroid dienone is 1. The summed E-state index contributed by atoms with van der Waals surface area (Å²) in [5, 5.41) is 5.95. The van der Waals surface area contributed by atoms with Gasteiger partial charge >= 0.3 is 0 Å². The highest BCUT2D eigenvalue weighted by atomic mass is 15.1. The van der Waals surface area contributed by atoms with E-state index in [0.29, 0.717) is 29.1 Å². The van der Waals surface area contributed by atoms with E-state index in [1.165, 1.54) is 6.20 Å². The number of nitrogens with one attached hydrogen (secondary N) is 2. The molecule has 0 aromatic carbocycles. The third-order valence-electron chi connectivity index (χ3n) is 2.02. The first kappa shape index (κ1) is 12.2. The fraction of sp³-hybridized carbons (Fsp3) is 0.364. The SMILES string of the molecule is C=CN/C(N)=C(N)/C(=N\C(=C)C)NC1CC1. The van der Waals surface area contributed by atoms with Gasteiger partial charge in [-0.15, -0.1) is 0 Å². The van der Waals surface area contributed by atoms with Crippen molar-refractivity contribution in [1.29, 1.82) is 0 Å². The molecule has 0 spiro atoms. The quantitative estimate of drug-likeness (QED) is 0.402. The lowest BCUT2D eigenvalue weighted by atomic mass is 10.3. The van der Waals surface area contributed by atoms with E-state index in [2.05, 4.69) is 28.8 Å². The summed E-state index contributed by atoms with van der Waals surface area (Å²) in [4.78, 5) is 4.23. The van der Waals surface area contributed by atoms with Crippen LogP contribution in [0.4, 0.5) is 0 Å². The summed E-state index contributed by atoms with van der Waals surface area (Å²) < 4.78 is 0. The third-order valence-corrected chi connectivity index (χ3v) is 2.02. The standard InChI is InChI=1S/C11H19N5/c1-4-14-10(13)9(12)11(15-7(2)3)16-8-5-6-8/h4,8,14H,1-2,5-6,12-13H2,3H3,(H,15,16)/b10-9-. The first-order chi connectivity index (χ1) is 7.54. The normalized spacial score (nSPS) is 17.4. The van der Waals surface area contributed by atoms with Crippen molar-refractivity contribution in [2.24, 2.45) is 16.5 Å². The van der Waals surface area contributed by atoms with E-state index in [4.69, 9.17) is 11.5 Å². The predicted molar refractivity (Wildman–Crippen MR) is 67.1 cm³/mol. The number of amidine groups is 1. The summed E-state index contributed by atoms with van der Waals surface area (Å²) in [6.07, 6.45) is 3.74. The van der Waals surface area contributed by atoms with Gasteiger partial charge in [-0.2, -0.15) is 0 Å². The Morgan fingerprint density at radius 3 is 2.50 bits per heavy atom. The molecule has 0 aromatic heterocycles. The van der Waals surface area contributed by atoms with Gasteiger partial charge in [0.1, 0.15) is 11.5 Å². The molecule has 0 heterocycles. The van der Waals surface area contributed by atoms with Crippen LogP contribution in [-0.2, 0) is 0 Å². The van der Waals surface area contributed by atoms with Crippen molar-refractivity contribution in [3.8, 4) is 0 Å². The van der Waals surface area contributed by atoms with Gasteiger partial charge in [-0.3, -0.25) is 0 Å². The molecule has 16 heavy (non-hydrogen) atoms. The molecule has 0 bridgehead atoms. The fourth-order valence-electron chi connectivity index (χ4n) is 1.10. The molecule has 6 N–H and O–H groups in total. The van der Waals surface area contributed by atoms with Crippen LogP contribution >= 0.6 is 0 Å². The smallest absolute Gasteiger partial charge is 0.153 e. The van der Waals surface area contributed by atoms with Gasteiger partial charge in [-0.25, -0.2) is 4.99 Å². The summed E-state index contributed by atoms with van der Waals surface area (Å²) in [7, 11) is 0. The number of nitrogens with zero attached hydrogens (tertiary/aromatic N) is 1. The summed E-state index contributed by atoms with van der Waals surface area (Å²) in [6.45, 7) is 9.05. The maximum Gasteiger partial charge on any atom is 0.153 e. The maximum absolute atomic E-state index is 5.88. The van der Waals surface area contributed by atoms with Crippen LogP contribution in [0.15, 0.2) is 41.6 Å². The molecular formula is C11H19N5. The van der Waals surface area contributed by atoms with Crippen molar-refractivity contribution in [3.05, 3.63) is 36.6 Å². The molecule has 1 rings (SSSR count). The topological polar surface area (TPSA) is 88.5 Å². The molecule has 5 nitrogen and oxygen atoms in total. The molecule has 0 saturated heterocycles. The molecule has 1 aliphatic carbocycles. The van der Waals surface area contributed by atoms with E-state index in [1.807, 2.05) is 0 Å². The Kier molecular flexibility index (Phi) is 3.99. The van der Waals surface area contributed by atoms with E-state index in [-0.39, 0.29) is 0 Å². The van der Waals surface area contributed by atoms with Gasteiger partial charge in [0.15, 0.2) is 5.84 Å². The lowest BCUT2D eigenvalue weighted by Crippen LogP contribution is -2.35. The number of nitrogens with two attached hydrogens (primary N) is 2. The van der Waals surface area contributed by atoms with Gasteiger partial charge in [0.2, 0.25) is 0 Å². The van der Waals surface area contributed by atoms with E-state index in [0.717, 1.165) is 12.8 Å². The third kappa shape index (κ3) is 3.68. The molecule has 0 atom stereocenters. The Morgan fingerprint density at radius 1 is 1.44 bits per heavy atom. The van der Waals surface area contributed by atoms with E-state index in [9.17, 15) is 0 Å². The molecule has 0 unspecified atom stereocenters. The second-order valence-corrected chi connectivity index (χ2v) is 3.79. The number of aliphatic imine (C=N–C) groups is 1. The molecular weight excluding hydrogens is 202 g/mol. The van der Waals surface area contributed by atoms with E-state index >= 15 is 0 Å². The van der Waals surface area contributed by atoms with Crippen molar-refractivity contribution < 1.29 is 0 Å². The van der Waals surface area contributed by atoms with Crippen LogP contribution in [0.25, 0.3) is 0 Å². The lowest BCUT2D eigenvalue weighted by Gasteiger charge is -2.12. The number of hydrogen-bond acceptors (Lipinski definition) is 4. The Bertz CT molecular complexity index is 349. The molecule has 0 aromatic rings. The Balaban J connectivity index is 2.85. The summed E-state index contributed by atoms with van der Waals surface area (Å²) in [5.41, 5.74) is 12.7. The van der Waals surface area contributed by atoms with Crippen LogP contribution in [0, 0.1) is 0 Å². The summed E-state index contributed by atoms with van der Waals surface area (Å²) in [5.74, 6) is 0.907. The first-order valence-electron chi connectivity index (χ1n) is 5.18. The number of hydrogen-bond donors (Lipinski definition) is 4. The van der Waals surface area contributed by atoms with Gasteiger partial charge < -0.3 is 22.1 Å². The van der Waals surface area contributed by atoms with Gasteiger partial charge in [0, 0.05) is 11.7 Å². The lowest BCUT2D eigenvalue weighted by molar-refractivity contribution is 0.889. The van der Waals surface area contributed by atoms with Crippen LogP contribution < -0.4 is 22.1 Å². The maximum atomic E-state index is 5.88. The van der Waals surface area contributed by atoms with Gasteiger partial charge in [-0.1, -0.05) is 13.2 Å². The Hall–Kier alpha value is -1.91. The largest absolute Gasteiger partial charge is 0.393 e. The van der Waals surface area contributed by atoms with Gasteiger partial charge in [-0.05, 0) is 26.0 Å². The molecule has 0 amide bonds.